The quantitative estimate of drug-likeness (QED) is 0.804. The minimum atomic E-state index is -0.363. The molecular formula is C13H10BrFO2. The molecule has 2 aromatic rings. The van der Waals surface area contributed by atoms with E-state index in [1.54, 1.807) is 25.1 Å². The van der Waals surface area contributed by atoms with Crippen molar-refractivity contribution >= 4 is 21.7 Å². The monoisotopic (exact) mass is 296 g/mol. The average Bonchev–Trinajstić information content (AvgIpc) is 2.63. The number of hydrogen-bond acceptors (Lipinski definition) is 2. The van der Waals surface area contributed by atoms with Crippen LogP contribution in [0.2, 0.25) is 0 Å². The van der Waals surface area contributed by atoms with Crippen molar-refractivity contribution in [1.29, 1.82) is 0 Å². The first kappa shape index (κ1) is 12.0. The van der Waals surface area contributed by atoms with Crippen molar-refractivity contribution in [2.45, 2.75) is 13.3 Å². The van der Waals surface area contributed by atoms with Crippen LogP contribution in [0.25, 0.3) is 0 Å². The highest BCUT2D eigenvalue weighted by molar-refractivity contribution is 9.10. The van der Waals surface area contributed by atoms with Gasteiger partial charge >= 0.3 is 0 Å². The van der Waals surface area contributed by atoms with E-state index in [1.807, 2.05) is 0 Å². The fourth-order valence-corrected chi connectivity index (χ4v) is 2.08. The second-order valence-corrected chi connectivity index (χ2v) is 4.70. The molecule has 0 spiro atoms. The largest absolute Gasteiger partial charge is 0.458 e. The van der Waals surface area contributed by atoms with Gasteiger partial charge in [0.2, 0.25) is 5.78 Å². The lowest BCUT2D eigenvalue weighted by molar-refractivity contribution is 0.0965. The maximum Gasteiger partial charge on any atom is 0.202 e. The van der Waals surface area contributed by atoms with E-state index in [4.69, 9.17) is 4.42 Å². The summed E-state index contributed by atoms with van der Waals surface area (Å²) in [5.41, 5.74) is 0.621. The number of carbonyl (C=O) groups excluding carboxylic acids is 1. The van der Waals surface area contributed by atoms with Crippen molar-refractivity contribution in [1.82, 2.24) is 0 Å². The molecule has 0 radical (unpaired) electrons. The van der Waals surface area contributed by atoms with E-state index in [2.05, 4.69) is 15.9 Å². The van der Waals surface area contributed by atoms with Crippen molar-refractivity contribution in [3.05, 3.63) is 57.7 Å². The first-order valence-corrected chi connectivity index (χ1v) is 5.88. The van der Waals surface area contributed by atoms with E-state index in [1.165, 1.54) is 12.1 Å². The molecule has 0 aliphatic rings. The summed E-state index contributed by atoms with van der Waals surface area (Å²) in [7, 11) is 0. The zero-order valence-electron chi connectivity index (χ0n) is 9.17. The van der Waals surface area contributed by atoms with Crippen molar-refractivity contribution in [2.75, 3.05) is 0 Å². The Morgan fingerprint density at radius 1 is 1.35 bits per heavy atom. The minimum absolute atomic E-state index is 0.128. The Kier molecular flexibility index (Phi) is 3.43. The Hall–Kier alpha value is -1.42. The van der Waals surface area contributed by atoms with E-state index in [-0.39, 0.29) is 18.0 Å². The molecule has 1 heterocycles. The molecule has 17 heavy (non-hydrogen) atoms. The van der Waals surface area contributed by atoms with Crippen molar-refractivity contribution in [2.24, 2.45) is 0 Å². The SMILES string of the molecule is Cc1ccc(C(=O)Cc2cc(F)cc(Br)c2)o1. The second kappa shape index (κ2) is 4.84. The molecule has 88 valence electrons. The first-order valence-electron chi connectivity index (χ1n) is 5.09. The molecule has 2 nitrogen and oxygen atoms in total. The molecule has 4 heteroatoms. The molecule has 0 aliphatic carbocycles. The van der Waals surface area contributed by atoms with Crippen LogP contribution in [0.4, 0.5) is 4.39 Å². The number of aryl methyl sites for hydroxylation is 1. The molecule has 0 amide bonds. The van der Waals surface area contributed by atoms with Crippen LogP contribution in [-0.4, -0.2) is 5.78 Å². The standard InChI is InChI=1S/C13H10BrFO2/c1-8-2-3-13(17-8)12(16)6-9-4-10(14)7-11(15)5-9/h2-5,7H,6H2,1H3. The van der Waals surface area contributed by atoms with Crippen LogP contribution in [0.5, 0.6) is 0 Å². The summed E-state index contributed by atoms with van der Waals surface area (Å²) < 4.78 is 19.0. The highest BCUT2D eigenvalue weighted by atomic mass is 79.9. The summed E-state index contributed by atoms with van der Waals surface area (Å²) in [6.45, 7) is 1.77. The summed E-state index contributed by atoms with van der Waals surface area (Å²) in [6.07, 6.45) is 0.128. The van der Waals surface area contributed by atoms with Gasteiger partial charge in [0.25, 0.3) is 0 Å². The van der Waals surface area contributed by atoms with Gasteiger partial charge in [-0.15, -0.1) is 0 Å². The van der Waals surface area contributed by atoms with Crippen LogP contribution in [0.3, 0.4) is 0 Å². The Labute approximate surface area is 107 Å². The third-order valence-corrected chi connectivity index (χ3v) is 2.76. The maximum atomic E-state index is 13.1. The Balaban J connectivity index is 2.18. The van der Waals surface area contributed by atoms with Crippen LogP contribution in [0, 0.1) is 12.7 Å². The minimum Gasteiger partial charge on any atom is -0.458 e. The third-order valence-electron chi connectivity index (χ3n) is 2.30. The van der Waals surface area contributed by atoms with Gasteiger partial charge in [0, 0.05) is 10.9 Å². The Bertz CT molecular complexity index is 540. The van der Waals surface area contributed by atoms with Gasteiger partial charge in [-0.2, -0.15) is 0 Å². The number of hydrogen-bond donors (Lipinski definition) is 0. The number of carbonyl (C=O) groups is 1. The van der Waals surface area contributed by atoms with Gasteiger partial charge in [-0.25, -0.2) is 4.39 Å². The zero-order valence-corrected chi connectivity index (χ0v) is 10.8. The summed E-state index contributed by atoms with van der Waals surface area (Å²) in [6, 6.07) is 7.78. The smallest absolute Gasteiger partial charge is 0.202 e. The molecule has 2 rings (SSSR count). The number of ketones is 1. The number of halogens is 2. The van der Waals surface area contributed by atoms with E-state index in [0.29, 0.717) is 21.6 Å². The molecule has 0 aliphatic heterocycles. The fraction of sp³-hybridized carbons (Fsp3) is 0.154. The maximum absolute atomic E-state index is 13.1. The molecule has 0 N–H and O–H groups in total. The van der Waals surface area contributed by atoms with E-state index in [0.717, 1.165) is 0 Å². The summed E-state index contributed by atoms with van der Waals surface area (Å²) >= 11 is 3.19. The average molecular weight is 297 g/mol. The summed E-state index contributed by atoms with van der Waals surface area (Å²) in [5, 5.41) is 0. The number of Topliss-reactive ketones (excluding diaryl/α,β-unsaturated/α-hetero) is 1. The molecule has 0 saturated carbocycles. The molecular weight excluding hydrogens is 287 g/mol. The zero-order chi connectivity index (χ0) is 12.4. The van der Waals surface area contributed by atoms with Gasteiger partial charge in [0.05, 0.1) is 0 Å². The van der Waals surface area contributed by atoms with Gasteiger partial charge < -0.3 is 4.42 Å². The summed E-state index contributed by atoms with van der Waals surface area (Å²) in [5.74, 6) is 0.477. The van der Waals surface area contributed by atoms with Crippen LogP contribution in [0.15, 0.2) is 39.2 Å². The van der Waals surface area contributed by atoms with E-state index >= 15 is 0 Å². The van der Waals surface area contributed by atoms with E-state index in [9.17, 15) is 9.18 Å². The number of benzene rings is 1. The second-order valence-electron chi connectivity index (χ2n) is 3.79. The van der Waals surface area contributed by atoms with Crippen molar-refractivity contribution in [3.8, 4) is 0 Å². The molecule has 1 aromatic carbocycles. The topological polar surface area (TPSA) is 30.2 Å². The highest BCUT2D eigenvalue weighted by Crippen LogP contribution is 2.17. The predicted molar refractivity (Wildman–Crippen MR) is 65.6 cm³/mol. The van der Waals surface area contributed by atoms with Crippen molar-refractivity contribution in [3.63, 3.8) is 0 Å². The molecule has 0 bridgehead atoms. The Morgan fingerprint density at radius 2 is 2.12 bits per heavy atom. The highest BCUT2D eigenvalue weighted by Gasteiger charge is 2.11. The van der Waals surface area contributed by atoms with Gasteiger partial charge in [-0.3, -0.25) is 4.79 Å². The van der Waals surface area contributed by atoms with Crippen LogP contribution < -0.4 is 0 Å². The number of furan rings is 1. The van der Waals surface area contributed by atoms with Crippen LogP contribution >= 0.6 is 15.9 Å². The van der Waals surface area contributed by atoms with Crippen LogP contribution in [0.1, 0.15) is 21.9 Å². The fourth-order valence-electron chi connectivity index (χ4n) is 1.57. The van der Waals surface area contributed by atoms with Gasteiger partial charge in [0.15, 0.2) is 5.76 Å². The molecule has 1 aromatic heterocycles. The number of rotatable bonds is 3. The first-order chi connectivity index (χ1) is 8.04. The molecule has 0 atom stereocenters. The lowest BCUT2D eigenvalue weighted by Crippen LogP contribution is -2.02. The molecule has 0 fully saturated rings. The van der Waals surface area contributed by atoms with Gasteiger partial charge in [-0.05, 0) is 42.8 Å². The Morgan fingerprint density at radius 3 is 2.71 bits per heavy atom. The summed E-state index contributed by atoms with van der Waals surface area (Å²) in [4.78, 5) is 11.8. The van der Waals surface area contributed by atoms with Crippen LogP contribution in [-0.2, 0) is 6.42 Å². The van der Waals surface area contributed by atoms with Gasteiger partial charge in [-0.1, -0.05) is 15.9 Å². The normalized spacial score (nSPS) is 10.5. The lowest BCUT2D eigenvalue weighted by Gasteiger charge is -2.00. The van der Waals surface area contributed by atoms with Crippen molar-refractivity contribution < 1.29 is 13.6 Å². The molecule has 0 unspecified atom stereocenters. The van der Waals surface area contributed by atoms with Gasteiger partial charge in [0.1, 0.15) is 11.6 Å². The molecule has 0 saturated heterocycles. The van der Waals surface area contributed by atoms with E-state index < -0.39 is 0 Å². The third kappa shape index (κ3) is 3.03. The lowest BCUT2D eigenvalue weighted by atomic mass is 10.1. The predicted octanol–water partition coefficient (Wildman–Crippen LogP) is 3.92.